The molecule has 0 fully saturated rings. The average molecular weight is 160 g/mol. The summed E-state index contributed by atoms with van der Waals surface area (Å²) in [6.07, 6.45) is 1.88. The Kier molecular flexibility index (Phi) is 5.46. The number of aliphatic hydroxyl groups excluding tert-OH is 1. The van der Waals surface area contributed by atoms with Crippen LogP contribution in [0.3, 0.4) is 0 Å². The highest BCUT2D eigenvalue weighted by Crippen LogP contribution is 2.04. The number of hydrogen-bond donors (Lipinski definition) is 3. The van der Waals surface area contributed by atoms with Crippen LogP contribution in [0.1, 0.15) is 33.1 Å². The average Bonchev–Trinajstić information content (AvgIpc) is 2.02. The predicted molar refractivity (Wildman–Crippen MR) is 47.2 cm³/mol. The van der Waals surface area contributed by atoms with Crippen molar-refractivity contribution in [3.8, 4) is 0 Å². The van der Waals surface area contributed by atoms with Crippen LogP contribution in [0.2, 0.25) is 0 Å². The molecule has 0 saturated carbocycles. The standard InChI is InChI=1S/C8H20N2O/c1-3-6(9)5-8(11)7(10)4-2/h6-8,11H,3-5,9-10H2,1-2H3. The van der Waals surface area contributed by atoms with Gasteiger partial charge in [-0.1, -0.05) is 13.8 Å². The molecule has 0 radical (unpaired) electrons. The van der Waals surface area contributed by atoms with Gasteiger partial charge in [0.15, 0.2) is 0 Å². The Morgan fingerprint density at radius 1 is 1.18 bits per heavy atom. The monoisotopic (exact) mass is 160 g/mol. The number of hydrogen-bond acceptors (Lipinski definition) is 3. The summed E-state index contributed by atoms with van der Waals surface area (Å²) in [5.41, 5.74) is 11.3. The maximum Gasteiger partial charge on any atom is 0.0705 e. The minimum Gasteiger partial charge on any atom is -0.391 e. The number of aliphatic hydroxyl groups is 1. The van der Waals surface area contributed by atoms with Crippen molar-refractivity contribution in [2.24, 2.45) is 11.5 Å². The van der Waals surface area contributed by atoms with Gasteiger partial charge >= 0.3 is 0 Å². The molecule has 3 unspecified atom stereocenters. The zero-order valence-electron chi connectivity index (χ0n) is 7.46. The number of nitrogens with two attached hydrogens (primary N) is 2. The molecule has 3 nitrogen and oxygen atoms in total. The van der Waals surface area contributed by atoms with Crippen LogP contribution in [-0.4, -0.2) is 23.3 Å². The van der Waals surface area contributed by atoms with Gasteiger partial charge in [-0.2, -0.15) is 0 Å². The van der Waals surface area contributed by atoms with Crippen LogP contribution in [0, 0.1) is 0 Å². The lowest BCUT2D eigenvalue weighted by Crippen LogP contribution is -2.38. The van der Waals surface area contributed by atoms with Crippen molar-refractivity contribution in [1.29, 1.82) is 0 Å². The normalized spacial score (nSPS) is 19.4. The van der Waals surface area contributed by atoms with Crippen molar-refractivity contribution >= 4 is 0 Å². The van der Waals surface area contributed by atoms with Crippen LogP contribution in [0.5, 0.6) is 0 Å². The lowest BCUT2D eigenvalue weighted by molar-refractivity contribution is 0.124. The van der Waals surface area contributed by atoms with Crippen LogP contribution in [0.4, 0.5) is 0 Å². The Morgan fingerprint density at radius 3 is 2.09 bits per heavy atom. The highest BCUT2D eigenvalue weighted by atomic mass is 16.3. The molecular weight excluding hydrogens is 140 g/mol. The molecule has 3 heteroatoms. The van der Waals surface area contributed by atoms with E-state index in [0.29, 0.717) is 6.42 Å². The second kappa shape index (κ2) is 5.52. The first-order valence-electron chi connectivity index (χ1n) is 4.31. The Balaban J connectivity index is 3.58. The Hall–Kier alpha value is -0.120. The molecule has 0 aliphatic heterocycles. The summed E-state index contributed by atoms with van der Waals surface area (Å²) in [7, 11) is 0. The second-order valence-electron chi connectivity index (χ2n) is 3.04. The second-order valence-corrected chi connectivity index (χ2v) is 3.04. The maximum absolute atomic E-state index is 9.41. The largest absolute Gasteiger partial charge is 0.391 e. The fourth-order valence-electron chi connectivity index (χ4n) is 0.924. The van der Waals surface area contributed by atoms with E-state index >= 15 is 0 Å². The first kappa shape index (κ1) is 10.9. The van der Waals surface area contributed by atoms with Gasteiger partial charge in [0.25, 0.3) is 0 Å². The molecule has 11 heavy (non-hydrogen) atoms. The van der Waals surface area contributed by atoms with Gasteiger partial charge in [0, 0.05) is 12.1 Å². The van der Waals surface area contributed by atoms with Crippen molar-refractivity contribution in [1.82, 2.24) is 0 Å². The quantitative estimate of drug-likeness (QED) is 0.538. The highest BCUT2D eigenvalue weighted by Gasteiger charge is 2.14. The molecular formula is C8H20N2O. The van der Waals surface area contributed by atoms with Gasteiger partial charge in [-0.05, 0) is 19.3 Å². The lowest BCUT2D eigenvalue weighted by Gasteiger charge is -2.19. The van der Waals surface area contributed by atoms with Crippen LogP contribution in [-0.2, 0) is 0 Å². The van der Waals surface area contributed by atoms with Crippen LogP contribution >= 0.6 is 0 Å². The molecule has 0 amide bonds. The summed E-state index contributed by atoms with van der Waals surface area (Å²) in [5, 5.41) is 9.41. The third-order valence-electron chi connectivity index (χ3n) is 2.03. The van der Waals surface area contributed by atoms with Crippen molar-refractivity contribution in [3.05, 3.63) is 0 Å². The van der Waals surface area contributed by atoms with Gasteiger partial charge in [-0.25, -0.2) is 0 Å². The summed E-state index contributed by atoms with van der Waals surface area (Å²) in [4.78, 5) is 0. The zero-order chi connectivity index (χ0) is 8.85. The van der Waals surface area contributed by atoms with E-state index in [1.165, 1.54) is 0 Å². The molecule has 0 aromatic rings. The maximum atomic E-state index is 9.41. The van der Waals surface area contributed by atoms with Gasteiger partial charge in [0.1, 0.15) is 0 Å². The van der Waals surface area contributed by atoms with Crippen LogP contribution in [0.15, 0.2) is 0 Å². The zero-order valence-corrected chi connectivity index (χ0v) is 7.46. The summed E-state index contributed by atoms with van der Waals surface area (Å²) in [6, 6.07) is -0.0322. The minimum absolute atomic E-state index is 0.0857. The van der Waals surface area contributed by atoms with Crippen molar-refractivity contribution in [2.45, 2.75) is 51.3 Å². The van der Waals surface area contributed by atoms with E-state index in [9.17, 15) is 5.11 Å². The van der Waals surface area contributed by atoms with E-state index in [-0.39, 0.29) is 12.1 Å². The third kappa shape index (κ3) is 4.35. The molecule has 0 aromatic heterocycles. The topological polar surface area (TPSA) is 72.3 Å². The molecule has 0 aromatic carbocycles. The molecule has 0 rings (SSSR count). The van der Waals surface area contributed by atoms with Crippen LogP contribution in [0.25, 0.3) is 0 Å². The first-order chi connectivity index (χ1) is 5.11. The van der Waals surface area contributed by atoms with Gasteiger partial charge in [0.05, 0.1) is 6.10 Å². The molecule has 0 saturated heterocycles. The van der Waals surface area contributed by atoms with Gasteiger partial charge in [0.2, 0.25) is 0 Å². The van der Waals surface area contributed by atoms with E-state index in [1.807, 2.05) is 13.8 Å². The fourth-order valence-corrected chi connectivity index (χ4v) is 0.924. The summed E-state index contributed by atoms with van der Waals surface area (Å²) in [5.74, 6) is 0. The van der Waals surface area contributed by atoms with Crippen molar-refractivity contribution in [2.75, 3.05) is 0 Å². The van der Waals surface area contributed by atoms with Crippen molar-refractivity contribution in [3.63, 3.8) is 0 Å². The molecule has 0 aliphatic carbocycles. The van der Waals surface area contributed by atoms with Gasteiger partial charge in [-0.3, -0.25) is 0 Å². The van der Waals surface area contributed by atoms with E-state index < -0.39 is 6.10 Å². The first-order valence-corrected chi connectivity index (χ1v) is 4.31. The van der Waals surface area contributed by atoms with Crippen LogP contribution < -0.4 is 11.5 Å². The molecule has 5 N–H and O–H groups in total. The van der Waals surface area contributed by atoms with E-state index in [0.717, 1.165) is 12.8 Å². The lowest BCUT2D eigenvalue weighted by atomic mass is 10.0. The van der Waals surface area contributed by atoms with E-state index in [2.05, 4.69) is 0 Å². The van der Waals surface area contributed by atoms with Gasteiger partial charge < -0.3 is 16.6 Å². The number of rotatable bonds is 5. The summed E-state index contributed by atoms with van der Waals surface area (Å²) < 4.78 is 0. The SMILES string of the molecule is CCC(N)CC(O)C(N)CC. The molecule has 0 aliphatic rings. The Labute approximate surface area is 68.8 Å². The smallest absolute Gasteiger partial charge is 0.0705 e. The molecule has 0 heterocycles. The van der Waals surface area contributed by atoms with E-state index in [1.54, 1.807) is 0 Å². The molecule has 68 valence electrons. The molecule has 0 spiro atoms. The minimum atomic E-state index is -0.435. The Morgan fingerprint density at radius 2 is 1.73 bits per heavy atom. The predicted octanol–water partition coefficient (Wildman–Crippen LogP) is 0.212. The van der Waals surface area contributed by atoms with Gasteiger partial charge in [-0.15, -0.1) is 0 Å². The van der Waals surface area contributed by atoms with E-state index in [4.69, 9.17) is 11.5 Å². The highest BCUT2D eigenvalue weighted by molar-refractivity contribution is 4.74. The summed E-state index contributed by atoms with van der Waals surface area (Å²) >= 11 is 0. The third-order valence-corrected chi connectivity index (χ3v) is 2.03. The summed E-state index contributed by atoms with van der Waals surface area (Å²) in [6.45, 7) is 3.97. The van der Waals surface area contributed by atoms with Crippen molar-refractivity contribution < 1.29 is 5.11 Å². The Bertz CT molecular complexity index is 98.1. The molecule has 3 atom stereocenters. The molecule has 0 bridgehead atoms. The fraction of sp³-hybridized carbons (Fsp3) is 1.00.